The standard InChI is InChI=1S/C18H24N4O2/c1-13-10-21-9-5-6-14(17(21)19-13)18(24)22-11-15(16(23)12-22)20-7-3-2-4-8-20/h5-6,9-10,15-16,23H,2-4,7-8,11-12H2,1H3/t15-,16-/m0/s1. The summed E-state index contributed by atoms with van der Waals surface area (Å²) < 4.78 is 1.89. The zero-order valence-electron chi connectivity index (χ0n) is 14.1. The van der Waals surface area contributed by atoms with Crippen molar-refractivity contribution in [3.63, 3.8) is 0 Å². The van der Waals surface area contributed by atoms with Gasteiger partial charge in [-0.05, 0) is 45.0 Å². The van der Waals surface area contributed by atoms with Gasteiger partial charge in [0, 0.05) is 25.5 Å². The van der Waals surface area contributed by atoms with Crippen LogP contribution in [0.2, 0.25) is 0 Å². The number of likely N-dealkylation sites (tertiary alicyclic amines) is 2. The molecule has 0 spiro atoms. The summed E-state index contributed by atoms with van der Waals surface area (Å²) in [6.07, 6.45) is 6.99. The number of carbonyl (C=O) groups is 1. The van der Waals surface area contributed by atoms with Gasteiger partial charge < -0.3 is 14.4 Å². The third-order valence-corrected chi connectivity index (χ3v) is 5.24. The molecule has 4 heterocycles. The lowest BCUT2D eigenvalue weighted by molar-refractivity contribution is 0.0703. The predicted molar refractivity (Wildman–Crippen MR) is 91.1 cm³/mol. The first-order valence-electron chi connectivity index (χ1n) is 8.79. The number of aliphatic hydroxyl groups is 1. The lowest BCUT2D eigenvalue weighted by Crippen LogP contribution is -2.46. The van der Waals surface area contributed by atoms with E-state index in [1.54, 1.807) is 4.90 Å². The number of nitrogens with zero attached hydrogens (tertiary/aromatic N) is 4. The highest BCUT2D eigenvalue weighted by molar-refractivity contribution is 6.00. The fourth-order valence-electron chi connectivity index (χ4n) is 4.02. The normalized spacial score (nSPS) is 25.5. The molecule has 2 aromatic rings. The first-order valence-corrected chi connectivity index (χ1v) is 8.79. The van der Waals surface area contributed by atoms with Gasteiger partial charge in [0.15, 0.2) is 0 Å². The molecule has 2 saturated heterocycles. The van der Waals surface area contributed by atoms with Crippen molar-refractivity contribution in [2.24, 2.45) is 0 Å². The number of rotatable bonds is 2. The Kier molecular flexibility index (Phi) is 4.02. The second-order valence-electron chi connectivity index (χ2n) is 6.98. The van der Waals surface area contributed by atoms with Gasteiger partial charge in [-0.15, -0.1) is 0 Å². The summed E-state index contributed by atoms with van der Waals surface area (Å²) in [5.74, 6) is -0.0373. The molecule has 1 N–H and O–H groups in total. The van der Waals surface area contributed by atoms with Gasteiger partial charge in [0.05, 0.1) is 23.4 Å². The van der Waals surface area contributed by atoms with E-state index in [9.17, 15) is 9.90 Å². The Bertz CT molecular complexity index is 751. The van der Waals surface area contributed by atoms with Gasteiger partial charge in [0.2, 0.25) is 0 Å². The summed E-state index contributed by atoms with van der Waals surface area (Å²) in [4.78, 5) is 21.6. The number of piperidine rings is 1. The molecule has 0 bridgehead atoms. The highest BCUT2D eigenvalue weighted by Crippen LogP contribution is 2.23. The Hall–Kier alpha value is -1.92. The topological polar surface area (TPSA) is 61.1 Å². The van der Waals surface area contributed by atoms with Crippen LogP contribution < -0.4 is 0 Å². The zero-order chi connectivity index (χ0) is 16.7. The van der Waals surface area contributed by atoms with Gasteiger partial charge in [-0.3, -0.25) is 9.69 Å². The molecule has 0 unspecified atom stereocenters. The third kappa shape index (κ3) is 2.70. The van der Waals surface area contributed by atoms with Gasteiger partial charge in [0.1, 0.15) is 5.65 Å². The average Bonchev–Trinajstić information content (AvgIpc) is 3.16. The van der Waals surface area contributed by atoms with Gasteiger partial charge in [-0.1, -0.05) is 6.42 Å². The SMILES string of the molecule is Cc1cn2cccc(C(=O)N3C[C@H](O)[C@@H](N4CCCCC4)C3)c2n1. The van der Waals surface area contributed by atoms with Crippen LogP contribution in [0.4, 0.5) is 0 Å². The van der Waals surface area contributed by atoms with Crippen LogP contribution in [0.3, 0.4) is 0 Å². The van der Waals surface area contributed by atoms with E-state index in [1.807, 2.05) is 35.9 Å². The van der Waals surface area contributed by atoms with Crippen molar-refractivity contribution in [2.75, 3.05) is 26.2 Å². The highest BCUT2D eigenvalue weighted by atomic mass is 16.3. The number of aliphatic hydroxyl groups excluding tert-OH is 1. The van der Waals surface area contributed by atoms with Gasteiger partial charge >= 0.3 is 0 Å². The van der Waals surface area contributed by atoms with Crippen LogP contribution in [-0.4, -0.2) is 68.5 Å². The minimum absolute atomic E-state index is 0.0373. The number of β-amino-alcohol motifs (C(OH)–C–C–N with tert-alkyl or cyclic N) is 1. The molecule has 6 heteroatoms. The molecule has 2 fully saturated rings. The van der Waals surface area contributed by atoms with Crippen molar-refractivity contribution < 1.29 is 9.90 Å². The molecule has 1 amide bonds. The first kappa shape index (κ1) is 15.6. The minimum atomic E-state index is -0.465. The monoisotopic (exact) mass is 328 g/mol. The molecule has 2 aliphatic heterocycles. The molecule has 2 aliphatic rings. The molecule has 4 rings (SSSR count). The van der Waals surface area contributed by atoms with Gasteiger partial charge in [-0.25, -0.2) is 4.98 Å². The molecule has 0 aromatic carbocycles. The molecular weight excluding hydrogens is 304 g/mol. The Balaban J connectivity index is 1.56. The van der Waals surface area contributed by atoms with Crippen molar-refractivity contribution in [3.05, 3.63) is 35.8 Å². The molecule has 2 aromatic heterocycles. The molecule has 0 saturated carbocycles. The number of carbonyl (C=O) groups excluding carboxylic acids is 1. The Morgan fingerprint density at radius 2 is 2.04 bits per heavy atom. The molecule has 2 atom stereocenters. The van der Waals surface area contributed by atoms with Crippen molar-refractivity contribution in [2.45, 2.75) is 38.3 Å². The third-order valence-electron chi connectivity index (χ3n) is 5.24. The minimum Gasteiger partial charge on any atom is -0.390 e. The van der Waals surface area contributed by atoms with Crippen LogP contribution in [-0.2, 0) is 0 Å². The molecule has 128 valence electrons. The second kappa shape index (κ2) is 6.18. The number of pyridine rings is 1. The van der Waals surface area contributed by atoms with Crippen molar-refractivity contribution >= 4 is 11.6 Å². The van der Waals surface area contributed by atoms with Crippen molar-refractivity contribution in [1.82, 2.24) is 19.2 Å². The Morgan fingerprint density at radius 3 is 2.83 bits per heavy atom. The number of hydrogen-bond acceptors (Lipinski definition) is 4. The number of imidazole rings is 1. The summed E-state index contributed by atoms with van der Waals surface area (Å²) in [7, 11) is 0. The van der Waals surface area contributed by atoms with Crippen LogP contribution in [0.25, 0.3) is 5.65 Å². The van der Waals surface area contributed by atoms with E-state index < -0.39 is 6.10 Å². The van der Waals surface area contributed by atoms with Crippen LogP contribution in [0.15, 0.2) is 24.5 Å². The maximum atomic E-state index is 13.0. The molecule has 0 radical (unpaired) electrons. The number of hydrogen-bond donors (Lipinski definition) is 1. The number of aryl methyl sites for hydroxylation is 1. The zero-order valence-corrected chi connectivity index (χ0v) is 14.1. The fraction of sp³-hybridized carbons (Fsp3) is 0.556. The Labute approximate surface area is 141 Å². The van der Waals surface area contributed by atoms with E-state index in [0.717, 1.165) is 18.8 Å². The van der Waals surface area contributed by atoms with E-state index in [1.165, 1.54) is 19.3 Å². The smallest absolute Gasteiger partial charge is 0.257 e. The molecular formula is C18H24N4O2. The predicted octanol–water partition coefficient (Wildman–Crippen LogP) is 1.31. The Morgan fingerprint density at radius 1 is 1.25 bits per heavy atom. The molecule has 0 aliphatic carbocycles. The largest absolute Gasteiger partial charge is 0.390 e. The maximum absolute atomic E-state index is 13.0. The highest BCUT2D eigenvalue weighted by Gasteiger charge is 2.38. The number of fused-ring (bicyclic) bond motifs is 1. The van der Waals surface area contributed by atoms with E-state index in [4.69, 9.17) is 0 Å². The number of amides is 1. The lowest BCUT2D eigenvalue weighted by Gasteiger charge is -2.33. The summed E-state index contributed by atoms with van der Waals surface area (Å²) in [5, 5.41) is 10.5. The van der Waals surface area contributed by atoms with E-state index >= 15 is 0 Å². The first-order chi connectivity index (χ1) is 11.6. The summed E-state index contributed by atoms with van der Waals surface area (Å²) >= 11 is 0. The van der Waals surface area contributed by atoms with Crippen molar-refractivity contribution in [1.29, 1.82) is 0 Å². The van der Waals surface area contributed by atoms with Crippen LogP contribution in [0.5, 0.6) is 0 Å². The summed E-state index contributed by atoms with van der Waals surface area (Å²) in [6, 6.07) is 3.76. The lowest BCUT2D eigenvalue weighted by atomic mass is 10.1. The van der Waals surface area contributed by atoms with Crippen LogP contribution in [0, 0.1) is 6.92 Å². The summed E-state index contributed by atoms with van der Waals surface area (Å²) in [6.45, 7) is 4.98. The maximum Gasteiger partial charge on any atom is 0.257 e. The van der Waals surface area contributed by atoms with Crippen molar-refractivity contribution in [3.8, 4) is 0 Å². The quantitative estimate of drug-likeness (QED) is 0.903. The average molecular weight is 328 g/mol. The van der Waals surface area contributed by atoms with Gasteiger partial charge in [0.25, 0.3) is 5.91 Å². The summed E-state index contributed by atoms with van der Waals surface area (Å²) in [5.41, 5.74) is 2.19. The fourth-order valence-corrected chi connectivity index (χ4v) is 4.02. The van der Waals surface area contributed by atoms with E-state index in [2.05, 4.69) is 9.88 Å². The van der Waals surface area contributed by atoms with E-state index in [0.29, 0.717) is 24.3 Å². The molecule has 6 nitrogen and oxygen atoms in total. The van der Waals surface area contributed by atoms with Gasteiger partial charge in [-0.2, -0.15) is 0 Å². The second-order valence-corrected chi connectivity index (χ2v) is 6.98. The van der Waals surface area contributed by atoms with E-state index in [-0.39, 0.29) is 11.9 Å². The number of aromatic nitrogens is 2. The van der Waals surface area contributed by atoms with Crippen LogP contribution in [0.1, 0.15) is 35.3 Å². The van der Waals surface area contributed by atoms with Crippen LogP contribution >= 0.6 is 0 Å². The molecule has 24 heavy (non-hydrogen) atoms.